The lowest BCUT2D eigenvalue weighted by molar-refractivity contribution is 0.396. The lowest BCUT2D eigenvalue weighted by Gasteiger charge is -2.11. The molecule has 0 radical (unpaired) electrons. The number of fused-ring (bicyclic) bond motifs is 1. The summed E-state index contributed by atoms with van der Waals surface area (Å²) < 4.78 is 88.6. The van der Waals surface area contributed by atoms with E-state index in [1.54, 1.807) is 19.2 Å². The van der Waals surface area contributed by atoms with Crippen molar-refractivity contribution >= 4 is 69.0 Å². The molecule has 0 saturated heterocycles. The lowest BCUT2D eigenvalue weighted by Crippen LogP contribution is -2.06. The van der Waals surface area contributed by atoms with E-state index in [1.165, 1.54) is 33.1 Å². The molecule has 0 spiro atoms. The number of anilines is 1. The molecular weight excluding hydrogens is 663 g/mol. The largest absolute Gasteiger partial charge is 0.505 e. The van der Waals surface area contributed by atoms with Crippen molar-refractivity contribution in [3.63, 3.8) is 0 Å². The van der Waals surface area contributed by atoms with Gasteiger partial charge in [0.05, 0.1) is 29.2 Å². The molecule has 0 unspecified atom stereocenters. The van der Waals surface area contributed by atoms with Crippen molar-refractivity contribution in [2.75, 3.05) is 31.0 Å². The van der Waals surface area contributed by atoms with Crippen LogP contribution < -0.4 is 10.1 Å². The van der Waals surface area contributed by atoms with Crippen molar-refractivity contribution in [2.24, 2.45) is 20.5 Å². The Morgan fingerprint density at radius 3 is 1.93 bits per heavy atom. The molecule has 4 rings (SSSR count). The topological polar surface area (TPSA) is 234 Å². The average Bonchev–Trinajstić information content (AvgIpc) is 3.02. The van der Waals surface area contributed by atoms with Gasteiger partial charge < -0.3 is 20.3 Å². The summed E-state index contributed by atoms with van der Waals surface area (Å²) in [5, 5.41) is 41.0. The summed E-state index contributed by atoms with van der Waals surface area (Å²) in [6.45, 7) is 2.84. The zero-order chi connectivity index (χ0) is 34.0. The second-order valence-corrected chi connectivity index (χ2v) is 15.5. The van der Waals surface area contributed by atoms with Crippen LogP contribution >= 0.6 is 0 Å². The Bertz CT molecular complexity index is 2240. The standard InChI is InChI=1S/C28H29N5O10S3/c1-5-44(36,37)16-7-10-19(25(13-16)46(40,41)42)30-33-27-17-8-12-21(28(35)18(17)9-11-20(27)29-3)31-32-22-14-26(45(38,39)6-2)24(43-4)15-23(22)34/h7-15,29,34-35H,5-6H2,1-4H3,(H,40,41,42). The maximum Gasteiger partial charge on any atom is 0.296 e. The van der Waals surface area contributed by atoms with Gasteiger partial charge in [-0.1, -0.05) is 13.8 Å². The van der Waals surface area contributed by atoms with Gasteiger partial charge in [-0.2, -0.15) is 8.42 Å². The number of nitrogens with zero attached hydrogens (tertiary/aromatic N) is 4. The fourth-order valence-corrected chi connectivity index (χ4v) is 6.97. The fraction of sp³-hybridized carbons (Fsp3) is 0.214. The van der Waals surface area contributed by atoms with E-state index >= 15 is 0 Å². The quantitative estimate of drug-likeness (QED) is 0.106. The van der Waals surface area contributed by atoms with E-state index in [0.29, 0.717) is 11.1 Å². The van der Waals surface area contributed by atoms with E-state index in [4.69, 9.17) is 4.74 Å². The van der Waals surface area contributed by atoms with E-state index in [-0.39, 0.29) is 60.9 Å². The third kappa shape index (κ3) is 6.79. The number of ether oxygens (including phenoxy) is 1. The summed E-state index contributed by atoms with van der Waals surface area (Å²) in [6, 6.07) is 11.2. The van der Waals surface area contributed by atoms with Gasteiger partial charge in [0.2, 0.25) is 0 Å². The zero-order valence-electron chi connectivity index (χ0n) is 24.8. The zero-order valence-corrected chi connectivity index (χ0v) is 27.3. The van der Waals surface area contributed by atoms with Crippen LogP contribution in [0.4, 0.5) is 28.4 Å². The normalized spacial score (nSPS) is 12.7. The van der Waals surface area contributed by atoms with Gasteiger partial charge in [-0.3, -0.25) is 4.55 Å². The van der Waals surface area contributed by atoms with Gasteiger partial charge in [0.1, 0.15) is 44.0 Å². The minimum absolute atomic E-state index is 0.0518. The van der Waals surface area contributed by atoms with Gasteiger partial charge in [0.15, 0.2) is 25.4 Å². The first kappa shape index (κ1) is 34.2. The number of nitrogens with one attached hydrogen (secondary N) is 1. The van der Waals surface area contributed by atoms with Crippen LogP contribution in [0.3, 0.4) is 0 Å². The van der Waals surface area contributed by atoms with Gasteiger partial charge in [-0.25, -0.2) is 16.8 Å². The minimum Gasteiger partial charge on any atom is -0.505 e. The molecule has 0 saturated carbocycles. The Morgan fingerprint density at radius 1 is 0.717 bits per heavy atom. The van der Waals surface area contributed by atoms with Crippen LogP contribution in [-0.2, 0) is 29.8 Å². The summed E-state index contributed by atoms with van der Waals surface area (Å²) in [7, 11) is -9.60. The second kappa shape index (κ2) is 13.0. The van der Waals surface area contributed by atoms with Crippen LogP contribution in [0.25, 0.3) is 10.8 Å². The highest BCUT2D eigenvalue weighted by Crippen LogP contribution is 2.44. The molecule has 0 aliphatic rings. The van der Waals surface area contributed by atoms with Crippen LogP contribution in [0.2, 0.25) is 0 Å². The maximum atomic E-state index is 12.5. The molecule has 0 aliphatic carbocycles. The molecular formula is C28H29N5O10S3. The first-order valence-corrected chi connectivity index (χ1v) is 18.1. The minimum atomic E-state index is -4.90. The molecule has 18 heteroatoms. The summed E-state index contributed by atoms with van der Waals surface area (Å²) >= 11 is 0. The molecule has 0 atom stereocenters. The molecule has 46 heavy (non-hydrogen) atoms. The molecule has 0 heterocycles. The van der Waals surface area contributed by atoms with Gasteiger partial charge in [0, 0.05) is 23.9 Å². The van der Waals surface area contributed by atoms with Crippen LogP contribution in [0.5, 0.6) is 17.2 Å². The van der Waals surface area contributed by atoms with Crippen LogP contribution in [0.15, 0.2) is 89.7 Å². The molecule has 15 nitrogen and oxygen atoms in total. The monoisotopic (exact) mass is 691 g/mol. The number of phenolic OH excluding ortho intramolecular Hbond substituents is 2. The van der Waals surface area contributed by atoms with Crippen molar-refractivity contribution in [3.8, 4) is 17.2 Å². The van der Waals surface area contributed by atoms with Crippen molar-refractivity contribution in [3.05, 3.63) is 54.6 Å². The summed E-state index contributed by atoms with van der Waals surface area (Å²) in [5.74, 6) is -1.37. The van der Waals surface area contributed by atoms with E-state index in [1.807, 2.05) is 0 Å². The van der Waals surface area contributed by atoms with Gasteiger partial charge in [0.25, 0.3) is 10.1 Å². The van der Waals surface area contributed by atoms with Crippen molar-refractivity contribution in [1.29, 1.82) is 0 Å². The predicted molar refractivity (Wildman–Crippen MR) is 170 cm³/mol. The molecule has 0 amide bonds. The molecule has 0 aliphatic heterocycles. The number of methoxy groups -OCH3 is 1. The number of hydrogen-bond donors (Lipinski definition) is 4. The number of aromatic hydroxyl groups is 2. The van der Waals surface area contributed by atoms with Gasteiger partial charge >= 0.3 is 0 Å². The van der Waals surface area contributed by atoms with E-state index in [9.17, 15) is 40.0 Å². The third-order valence-electron chi connectivity index (χ3n) is 6.84. The van der Waals surface area contributed by atoms with Crippen LogP contribution in [0.1, 0.15) is 13.8 Å². The Kier molecular flexibility index (Phi) is 9.67. The second-order valence-electron chi connectivity index (χ2n) is 9.54. The number of rotatable bonds is 11. The lowest BCUT2D eigenvalue weighted by atomic mass is 10.1. The number of azo groups is 2. The molecule has 4 N–H and O–H groups in total. The Hall–Kier alpha value is -4.65. The van der Waals surface area contributed by atoms with Crippen molar-refractivity contribution in [2.45, 2.75) is 28.5 Å². The first-order valence-electron chi connectivity index (χ1n) is 13.4. The van der Waals surface area contributed by atoms with Crippen LogP contribution in [-0.4, -0.2) is 65.7 Å². The number of benzene rings is 4. The van der Waals surface area contributed by atoms with Gasteiger partial charge in [-0.15, -0.1) is 20.5 Å². The highest BCUT2D eigenvalue weighted by atomic mass is 32.2. The first-order chi connectivity index (χ1) is 21.6. The molecule has 4 aromatic carbocycles. The Labute approximate surface area is 264 Å². The molecule has 0 fully saturated rings. The fourth-order valence-electron chi connectivity index (χ4n) is 4.28. The Morgan fingerprint density at radius 2 is 1.33 bits per heavy atom. The molecule has 0 bridgehead atoms. The summed E-state index contributed by atoms with van der Waals surface area (Å²) in [4.78, 5) is -1.28. The highest BCUT2D eigenvalue weighted by molar-refractivity contribution is 7.91. The number of phenols is 2. The average molecular weight is 692 g/mol. The van der Waals surface area contributed by atoms with Gasteiger partial charge in [-0.05, 0) is 48.5 Å². The van der Waals surface area contributed by atoms with E-state index < -0.39 is 40.4 Å². The summed E-state index contributed by atoms with van der Waals surface area (Å²) in [6.07, 6.45) is 0. The van der Waals surface area contributed by atoms with Crippen LogP contribution in [0, 0.1) is 0 Å². The number of hydrogen-bond acceptors (Lipinski definition) is 14. The third-order valence-corrected chi connectivity index (χ3v) is 11.2. The molecule has 4 aromatic rings. The van der Waals surface area contributed by atoms with E-state index in [0.717, 1.165) is 30.3 Å². The SMILES string of the molecule is CCS(=O)(=O)c1ccc(N=Nc2c(NC)ccc3c(O)c(N=Nc4cc(S(=O)(=O)CC)c(OC)cc4O)ccc23)c(S(=O)(=O)O)c1. The highest BCUT2D eigenvalue weighted by Gasteiger charge is 2.23. The van der Waals surface area contributed by atoms with E-state index in [2.05, 4.69) is 25.8 Å². The van der Waals surface area contributed by atoms with Crippen molar-refractivity contribution in [1.82, 2.24) is 0 Å². The smallest absolute Gasteiger partial charge is 0.296 e. The summed E-state index contributed by atoms with van der Waals surface area (Å²) in [5.41, 5.74) is -0.0252. The predicted octanol–water partition coefficient (Wildman–Crippen LogP) is 5.97. The number of sulfone groups is 2. The maximum absolute atomic E-state index is 12.5. The Balaban J connectivity index is 1.81. The molecule has 244 valence electrons. The van der Waals surface area contributed by atoms with Crippen molar-refractivity contribution < 1.29 is 44.8 Å². The molecule has 0 aromatic heterocycles.